The first-order chi connectivity index (χ1) is 9.47. The van der Waals surface area contributed by atoms with Gasteiger partial charge in [-0.15, -0.1) is 0 Å². The Morgan fingerprint density at radius 2 is 1.80 bits per heavy atom. The van der Waals surface area contributed by atoms with Gasteiger partial charge in [0, 0.05) is 11.6 Å². The lowest BCUT2D eigenvalue weighted by Gasteiger charge is -2.15. The van der Waals surface area contributed by atoms with Crippen molar-refractivity contribution in [1.29, 1.82) is 0 Å². The monoisotopic (exact) mass is 289 g/mol. The number of benzene rings is 2. The van der Waals surface area contributed by atoms with Gasteiger partial charge in [0.05, 0.1) is 5.56 Å². The van der Waals surface area contributed by atoms with Crippen molar-refractivity contribution in [3.05, 3.63) is 58.6 Å². The predicted molar refractivity (Wildman–Crippen MR) is 81.2 cm³/mol. The molecular formula is C16H16ClNO2. The first-order valence-electron chi connectivity index (χ1n) is 6.24. The molecule has 0 aromatic heterocycles. The number of halogens is 1. The average Bonchev–Trinajstić information content (AvgIpc) is 2.39. The number of carbonyl (C=O) groups is 1. The maximum atomic E-state index is 11.1. The Morgan fingerprint density at radius 1 is 1.15 bits per heavy atom. The molecule has 0 saturated carbocycles. The van der Waals surface area contributed by atoms with Crippen LogP contribution in [0.15, 0.2) is 42.5 Å². The third-order valence-corrected chi connectivity index (χ3v) is 3.25. The number of nitrogens with zero attached hydrogens (tertiary/aromatic N) is 1. The third-order valence-electron chi connectivity index (χ3n) is 2.99. The Hall–Kier alpha value is -1.84. The summed E-state index contributed by atoms with van der Waals surface area (Å²) < 4.78 is 0. The summed E-state index contributed by atoms with van der Waals surface area (Å²) in [6, 6.07) is 12.8. The molecule has 2 aromatic carbocycles. The Bertz CT molecular complexity index is 621. The number of hydrogen-bond donors (Lipinski definition) is 1. The zero-order chi connectivity index (χ0) is 14.7. The quantitative estimate of drug-likeness (QED) is 0.931. The van der Waals surface area contributed by atoms with Crippen molar-refractivity contribution in [3.8, 4) is 11.1 Å². The molecule has 4 heteroatoms. The molecule has 0 radical (unpaired) electrons. The smallest absolute Gasteiger partial charge is 0.335 e. The van der Waals surface area contributed by atoms with Crippen LogP contribution < -0.4 is 0 Å². The fourth-order valence-electron chi connectivity index (χ4n) is 2.11. The molecule has 104 valence electrons. The Balaban J connectivity index is 2.50. The van der Waals surface area contributed by atoms with Crippen LogP contribution in [0.1, 0.15) is 15.9 Å². The molecule has 0 amide bonds. The van der Waals surface area contributed by atoms with Crippen molar-refractivity contribution in [2.45, 2.75) is 6.54 Å². The molecule has 0 atom stereocenters. The van der Waals surface area contributed by atoms with Crippen LogP contribution >= 0.6 is 11.6 Å². The van der Waals surface area contributed by atoms with Gasteiger partial charge in [-0.25, -0.2) is 4.79 Å². The molecule has 0 bridgehead atoms. The van der Waals surface area contributed by atoms with E-state index in [-0.39, 0.29) is 0 Å². The third kappa shape index (κ3) is 3.38. The van der Waals surface area contributed by atoms with Crippen LogP contribution in [0.4, 0.5) is 0 Å². The molecule has 1 N–H and O–H groups in total. The van der Waals surface area contributed by atoms with E-state index >= 15 is 0 Å². The minimum Gasteiger partial charge on any atom is -0.478 e. The van der Waals surface area contributed by atoms with Gasteiger partial charge in [-0.2, -0.15) is 0 Å². The van der Waals surface area contributed by atoms with Gasteiger partial charge >= 0.3 is 5.97 Å². The molecule has 20 heavy (non-hydrogen) atoms. The second-order valence-electron chi connectivity index (χ2n) is 4.92. The molecule has 0 saturated heterocycles. The lowest BCUT2D eigenvalue weighted by atomic mass is 9.97. The Labute approximate surface area is 123 Å². The first-order valence-corrected chi connectivity index (χ1v) is 6.62. The van der Waals surface area contributed by atoms with Crippen molar-refractivity contribution in [2.75, 3.05) is 14.1 Å². The van der Waals surface area contributed by atoms with Crippen LogP contribution in [-0.2, 0) is 6.54 Å². The highest BCUT2D eigenvalue weighted by molar-refractivity contribution is 6.30. The zero-order valence-corrected chi connectivity index (χ0v) is 12.2. The molecular weight excluding hydrogens is 274 g/mol. The number of carboxylic acids is 1. The van der Waals surface area contributed by atoms with E-state index in [1.165, 1.54) is 0 Å². The van der Waals surface area contributed by atoms with Crippen LogP contribution in [0.5, 0.6) is 0 Å². The number of hydrogen-bond acceptors (Lipinski definition) is 2. The fourth-order valence-corrected chi connectivity index (χ4v) is 2.24. The SMILES string of the molecule is CN(C)Cc1cc(C(=O)O)ccc1-c1ccc(Cl)cc1. The van der Waals surface area contributed by atoms with Gasteiger partial charge in [0.2, 0.25) is 0 Å². The summed E-state index contributed by atoms with van der Waals surface area (Å²) in [6.07, 6.45) is 0. The number of aromatic carboxylic acids is 1. The highest BCUT2D eigenvalue weighted by Gasteiger charge is 2.10. The van der Waals surface area contributed by atoms with Crippen molar-refractivity contribution in [3.63, 3.8) is 0 Å². The molecule has 2 rings (SSSR count). The molecule has 3 nitrogen and oxygen atoms in total. The van der Waals surface area contributed by atoms with Gasteiger partial charge in [0.1, 0.15) is 0 Å². The number of rotatable bonds is 4. The molecule has 0 aliphatic carbocycles. The maximum Gasteiger partial charge on any atom is 0.335 e. The van der Waals surface area contributed by atoms with Gasteiger partial charge in [0.25, 0.3) is 0 Å². The lowest BCUT2D eigenvalue weighted by Crippen LogP contribution is -2.12. The molecule has 0 heterocycles. The Kier molecular flexibility index (Phi) is 4.42. The van der Waals surface area contributed by atoms with Crippen LogP contribution in [0.3, 0.4) is 0 Å². The van der Waals surface area contributed by atoms with Crippen LogP contribution in [-0.4, -0.2) is 30.1 Å². The van der Waals surface area contributed by atoms with E-state index < -0.39 is 5.97 Å². The summed E-state index contributed by atoms with van der Waals surface area (Å²) >= 11 is 5.90. The largest absolute Gasteiger partial charge is 0.478 e. The molecule has 0 aliphatic heterocycles. The topological polar surface area (TPSA) is 40.5 Å². The molecule has 0 unspecified atom stereocenters. The normalized spacial score (nSPS) is 10.8. The van der Waals surface area contributed by atoms with Gasteiger partial charge in [0.15, 0.2) is 0 Å². The molecule has 0 aliphatic rings. The second-order valence-corrected chi connectivity index (χ2v) is 5.36. The predicted octanol–water partition coefficient (Wildman–Crippen LogP) is 3.77. The van der Waals surface area contributed by atoms with Gasteiger partial charge in [-0.1, -0.05) is 29.8 Å². The summed E-state index contributed by atoms with van der Waals surface area (Å²) in [7, 11) is 3.91. The summed E-state index contributed by atoms with van der Waals surface area (Å²) in [6.45, 7) is 0.680. The molecule has 0 spiro atoms. The van der Waals surface area contributed by atoms with E-state index in [4.69, 9.17) is 16.7 Å². The van der Waals surface area contributed by atoms with Gasteiger partial charge in [-0.3, -0.25) is 0 Å². The average molecular weight is 290 g/mol. The van der Waals surface area contributed by atoms with Crippen LogP contribution in [0, 0.1) is 0 Å². The van der Waals surface area contributed by atoms with E-state index in [0.717, 1.165) is 16.7 Å². The maximum absolute atomic E-state index is 11.1. The summed E-state index contributed by atoms with van der Waals surface area (Å²) in [5, 5.41) is 9.80. The highest BCUT2D eigenvalue weighted by Crippen LogP contribution is 2.27. The number of carboxylic acid groups (broad SMARTS) is 1. The second kappa shape index (κ2) is 6.07. The van der Waals surface area contributed by atoms with E-state index in [1.807, 2.05) is 49.3 Å². The minimum atomic E-state index is -0.910. The van der Waals surface area contributed by atoms with E-state index in [9.17, 15) is 4.79 Å². The fraction of sp³-hybridized carbons (Fsp3) is 0.188. The van der Waals surface area contributed by atoms with E-state index in [2.05, 4.69) is 0 Å². The molecule has 2 aromatic rings. The Morgan fingerprint density at radius 3 is 2.35 bits per heavy atom. The summed E-state index contributed by atoms with van der Waals surface area (Å²) in [4.78, 5) is 13.1. The van der Waals surface area contributed by atoms with Crippen LogP contribution in [0.2, 0.25) is 5.02 Å². The highest BCUT2D eigenvalue weighted by atomic mass is 35.5. The molecule has 0 fully saturated rings. The summed E-state index contributed by atoms with van der Waals surface area (Å²) in [5.74, 6) is -0.910. The van der Waals surface area contributed by atoms with Gasteiger partial charge in [-0.05, 0) is 55.1 Å². The van der Waals surface area contributed by atoms with Gasteiger partial charge < -0.3 is 10.0 Å². The van der Waals surface area contributed by atoms with Crippen molar-refractivity contribution in [1.82, 2.24) is 4.90 Å². The van der Waals surface area contributed by atoms with E-state index in [0.29, 0.717) is 17.1 Å². The standard InChI is InChI=1S/C16H16ClNO2/c1-18(2)10-13-9-12(16(19)20)5-8-15(13)11-3-6-14(17)7-4-11/h3-9H,10H2,1-2H3,(H,19,20). The van der Waals surface area contributed by atoms with Crippen molar-refractivity contribution < 1.29 is 9.90 Å². The first kappa shape index (κ1) is 14.6. The van der Waals surface area contributed by atoms with Crippen LogP contribution in [0.25, 0.3) is 11.1 Å². The van der Waals surface area contributed by atoms with Crippen molar-refractivity contribution >= 4 is 17.6 Å². The zero-order valence-electron chi connectivity index (χ0n) is 11.4. The lowest BCUT2D eigenvalue weighted by molar-refractivity contribution is 0.0696. The van der Waals surface area contributed by atoms with Crippen molar-refractivity contribution in [2.24, 2.45) is 0 Å². The summed E-state index contributed by atoms with van der Waals surface area (Å²) in [5.41, 5.74) is 3.35. The minimum absolute atomic E-state index is 0.305. The van der Waals surface area contributed by atoms with E-state index in [1.54, 1.807) is 12.1 Å².